The van der Waals surface area contributed by atoms with Gasteiger partial charge in [-0.3, -0.25) is 9.69 Å². The van der Waals surface area contributed by atoms with Crippen LogP contribution in [0.5, 0.6) is 0 Å². The van der Waals surface area contributed by atoms with Crippen LogP contribution in [-0.4, -0.2) is 47.0 Å². The lowest BCUT2D eigenvalue weighted by atomic mass is 9.95. The Hall–Kier alpha value is -1.53. The third-order valence-electron chi connectivity index (χ3n) is 5.34. The average Bonchev–Trinajstić information content (AvgIpc) is 2.57. The summed E-state index contributed by atoms with van der Waals surface area (Å²) >= 11 is 0. The van der Waals surface area contributed by atoms with Crippen molar-refractivity contribution in [3.05, 3.63) is 33.1 Å². The molecular weight excluding hydrogens is 292 g/mol. The zero-order valence-electron chi connectivity index (χ0n) is 13.8. The number of hydrogen-bond donors (Lipinski definition) is 1. The molecule has 2 aliphatic rings. The highest BCUT2D eigenvalue weighted by molar-refractivity contribution is 5.33. The zero-order valence-corrected chi connectivity index (χ0v) is 13.8. The molecule has 23 heavy (non-hydrogen) atoms. The minimum absolute atomic E-state index is 0.0493. The average molecular weight is 318 g/mol. The Morgan fingerprint density at radius 1 is 1.17 bits per heavy atom. The van der Waals surface area contributed by atoms with Gasteiger partial charge in [0.25, 0.3) is 0 Å². The van der Waals surface area contributed by atoms with E-state index in [2.05, 4.69) is 26.9 Å². The number of piperidine rings is 2. The number of nitrogens with zero attached hydrogens (tertiary/aromatic N) is 3. The van der Waals surface area contributed by atoms with Crippen molar-refractivity contribution in [2.75, 3.05) is 26.2 Å². The SMILES string of the molecule is CC1CCN(C2CCN(Cc3cc(=O)c(N=O)c[nH]3)CC2)CC1. The summed E-state index contributed by atoms with van der Waals surface area (Å²) < 4.78 is 0. The lowest BCUT2D eigenvalue weighted by Crippen LogP contribution is -2.47. The number of pyridine rings is 1. The first kappa shape index (κ1) is 16.3. The quantitative estimate of drug-likeness (QED) is 0.866. The van der Waals surface area contributed by atoms with Crippen molar-refractivity contribution < 1.29 is 0 Å². The molecule has 6 nitrogen and oxygen atoms in total. The smallest absolute Gasteiger partial charge is 0.211 e. The molecule has 2 saturated heterocycles. The molecular formula is C17H26N4O2. The Labute approximate surface area is 136 Å². The van der Waals surface area contributed by atoms with Gasteiger partial charge >= 0.3 is 0 Å². The van der Waals surface area contributed by atoms with Crippen molar-refractivity contribution in [3.8, 4) is 0 Å². The number of hydrogen-bond acceptors (Lipinski definition) is 5. The molecule has 1 aromatic heterocycles. The summed E-state index contributed by atoms with van der Waals surface area (Å²) in [4.78, 5) is 30.2. The predicted molar refractivity (Wildman–Crippen MR) is 90.8 cm³/mol. The normalized spacial score (nSPS) is 22.3. The molecule has 0 bridgehead atoms. The third kappa shape index (κ3) is 4.06. The highest BCUT2D eigenvalue weighted by atomic mass is 16.3. The molecule has 0 atom stereocenters. The standard InChI is InChI=1S/C17H26N4O2/c1-13-2-8-21(9-3-13)15-4-6-20(7-5-15)12-14-10-17(22)16(19-23)11-18-14/h10-11,13,15H,2-9,12H2,1H3,(H,18,22). The van der Waals surface area contributed by atoms with E-state index in [0.717, 1.165) is 37.3 Å². The topological polar surface area (TPSA) is 68.8 Å². The first-order valence-corrected chi connectivity index (χ1v) is 8.67. The van der Waals surface area contributed by atoms with Crippen molar-refractivity contribution in [1.82, 2.24) is 14.8 Å². The summed E-state index contributed by atoms with van der Waals surface area (Å²) in [6, 6.07) is 2.22. The number of aromatic amines is 1. The van der Waals surface area contributed by atoms with Crippen molar-refractivity contribution in [1.29, 1.82) is 0 Å². The molecule has 6 heteroatoms. The van der Waals surface area contributed by atoms with Gasteiger partial charge in [0, 0.05) is 43.6 Å². The predicted octanol–water partition coefficient (Wildman–Crippen LogP) is 2.47. The Kier molecular flexibility index (Phi) is 5.23. The van der Waals surface area contributed by atoms with Crippen molar-refractivity contribution in [2.24, 2.45) is 11.1 Å². The molecule has 0 aliphatic carbocycles. The number of H-pyrrole nitrogens is 1. The van der Waals surface area contributed by atoms with Gasteiger partial charge in [0.05, 0.1) is 0 Å². The largest absolute Gasteiger partial charge is 0.362 e. The Morgan fingerprint density at radius 2 is 1.87 bits per heavy atom. The minimum atomic E-state index is -0.300. The summed E-state index contributed by atoms with van der Waals surface area (Å²) in [6.45, 7) is 7.71. The van der Waals surface area contributed by atoms with E-state index >= 15 is 0 Å². The van der Waals surface area contributed by atoms with Crippen LogP contribution < -0.4 is 5.43 Å². The van der Waals surface area contributed by atoms with Crippen LogP contribution in [0.25, 0.3) is 0 Å². The van der Waals surface area contributed by atoms with Gasteiger partial charge in [-0.25, -0.2) is 0 Å². The molecule has 0 radical (unpaired) electrons. The zero-order chi connectivity index (χ0) is 16.2. The number of likely N-dealkylation sites (tertiary alicyclic amines) is 2. The summed E-state index contributed by atoms with van der Waals surface area (Å²) in [5, 5.41) is 2.71. The molecule has 1 aromatic rings. The van der Waals surface area contributed by atoms with Crippen LogP contribution in [0.2, 0.25) is 0 Å². The third-order valence-corrected chi connectivity index (χ3v) is 5.34. The van der Waals surface area contributed by atoms with Gasteiger partial charge in [0.15, 0.2) is 5.69 Å². The lowest BCUT2D eigenvalue weighted by molar-refractivity contribution is 0.0775. The monoisotopic (exact) mass is 318 g/mol. The summed E-state index contributed by atoms with van der Waals surface area (Å²) in [5.74, 6) is 0.881. The van der Waals surface area contributed by atoms with Gasteiger partial charge in [-0.1, -0.05) is 6.92 Å². The molecule has 2 fully saturated rings. The van der Waals surface area contributed by atoms with Gasteiger partial charge in [0.2, 0.25) is 5.43 Å². The number of nitrogens with one attached hydrogen (secondary N) is 1. The van der Waals surface area contributed by atoms with Crippen molar-refractivity contribution >= 4 is 5.69 Å². The van der Waals surface area contributed by atoms with Crippen LogP contribution in [0.4, 0.5) is 5.69 Å². The van der Waals surface area contributed by atoms with Crippen molar-refractivity contribution in [2.45, 2.75) is 45.2 Å². The Bertz CT molecular complexity index is 585. The number of nitroso groups, excluding NO2 is 1. The van der Waals surface area contributed by atoms with Gasteiger partial charge in [-0.05, 0) is 49.9 Å². The number of aromatic nitrogens is 1. The fourth-order valence-corrected chi connectivity index (χ4v) is 3.75. The van der Waals surface area contributed by atoms with E-state index in [1.165, 1.54) is 51.0 Å². The maximum absolute atomic E-state index is 11.7. The maximum Gasteiger partial charge on any atom is 0.211 e. The van der Waals surface area contributed by atoms with Crippen LogP contribution in [0, 0.1) is 10.8 Å². The van der Waals surface area contributed by atoms with Gasteiger partial charge in [-0.2, -0.15) is 0 Å². The second-order valence-electron chi connectivity index (χ2n) is 7.02. The number of rotatable bonds is 4. The highest BCUT2D eigenvalue weighted by Gasteiger charge is 2.27. The van der Waals surface area contributed by atoms with Gasteiger partial charge in [-0.15, -0.1) is 4.91 Å². The fourth-order valence-electron chi connectivity index (χ4n) is 3.75. The Balaban J connectivity index is 1.50. The molecule has 0 amide bonds. The van der Waals surface area contributed by atoms with Gasteiger partial charge in [0.1, 0.15) is 0 Å². The summed E-state index contributed by atoms with van der Waals surface area (Å²) in [5.41, 5.74) is 0.505. The van der Waals surface area contributed by atoms with Crippen LogP contribution in [0.15, 0.2) is 22.2 Å². The highest BCUT2D eigenvalue weighted by Crippen LogP contribution is 2.24. The molecule has 0 aromatic carbocycles. The molecule has 3 heterocycles. The second-order valence-corrected chi connectivity index (χ2v) is 7.02. The summed E-state index contributed by atoms with van der Waals surface area (Å²) in [6.07, 6.45) is 6.47. The molecule has 0 saturated carbocycles. The lowest BCUT2D eigenvalue weighted by Gasteiger charge is -2.41. The van der Waals surface area contributed by atoms with Crippen LogP contribution >= 0.6 is 0 Å². The van der Waals surface area contributed by atoms with E-state index in [9.17, 15) is 9.70 Å². The molecule has 126 valence electrons. The first-order valence-electron chi connectivity index (χ1n) is 8.67. The first-order chi connectivity index (χ1) is 11.2. The van der Waals surface area contributed by atoms with Crippen LogP contribution in [-0.2, 0) is 6.54 Å². The Morgan fingerprint density at radius 3 is 2.48 bits per heavy atom. The minimum Gasteiger partial charge on any atom is -0.362 e. The van der Waals surface area contributed by atoms with E-state index in [4.69, 9.17) is 0 Å². The van der Waals surface area contributed by atoms with Crippen LogP contribution in [0.1, 0.15) is 38.3 Å². The van der Waals surface area contributed by atoms with E-state index in [-0.39, 0.29) is 11.1 Å². The van der Waals surface area contributed by atoms with E-state index in [0.29, 0.717) is 0 Å². The van der Waals surface area contributed by atoms with Crippen molar-refractivity contribution in [3.63, 3.8) is 0 Å². The molecule has 0 unspecified atom stereocenters. The second kappa shape index (κ2) is 7.36. The van der Waals surface area contributed by atoms with Crippen LogP contribution in [0.3, 0.4) is 0 Å². The molecule has 0 spiro atoms. The maximum atomic E-state index is 11.7. The summed E-state index contributed by atoms with van der Waals surface area (Å²) in [7, 11) is 0. The fraction of sp³-hybridized carbons (Fsp3) is 0.706. The molecule has 1 N–H and O–H groups in total. The van der Waals surface area contributed by atoms with E-state index in [1.54, 1.807) is 0 Å². The molecule has 3 rings (SSSR count). The van der Waals surface area contributed by atoms with E-state index in [1.807, 2.05) is 0 Å². The van der Waals surface area contributed by atoms with Gasteiger partial charge < -0.3 is 9.88 Å². The molecule has 2 aliphatic heterocycles. The van der Waals surface area contributed by atoms with E-state index < -0.39 is 0 Å².